The van der Waals surface area contributed by atoms with Gasteiger partial charge < -0.3 is 0 Å². The molecular formula is C18H16. The van der Waals surface area contributed by atoms with Gasteiger partial charge in [-0.25, -0.2) is 0 Å². The van der Waals surface area contributed by atoms with Gasteiger partial charge in [0.05, 0.1) is 0 Å². The highest BCUT2D eigenvalue weighted by Gasteiger charge is 2.03. The van der Waals surface area contributed by atoms with Crippen LogP contribution in [0.25, 0.3) is 21.9 Å². The summed E-state index contributed by atoms with van der Waals surface area (Å²) in [5.41, 5.74) is 5.24. The molecule has 0 aliphatic carbocycles. The number of aryl methyl sites for hydroxylation is 2. The summed E-state index contributed by atoms with van der Waals surface area (Å²) in [6, 6.07) is 21.8. The fourth-order valence-corrected chi connectivity index (χ4v) is 2.45. The quantitative estimate of drug-likeness (QED) is 0.546. The van der Waals surface area contributed by atoms with Crippen LogP contribution in [0.15, 0.2) is 60.7 Å². The first kappa shape index (κ1) is 11.0. The normalized spacial score (nSPS) is 10.8. The van der Waals surface area contributed by atoms with Crippen LogP contribution in [-0.2, 0) is 0 Å². The van der Waals surface area contributed by atoms with Crippen molar-refractivity contribution in [3.8, 4) is 11.1 Å². The van der Waals surface area contributed by atoms with E-state index in [1.807, 2.05) is 0 Å². The van der Waals surface area contributed by atoms with E-state index in [0.717, 1.165) is 0 Å². The minimum absolute atomic E-state index is 1.28. The molecule has 0 N–H and O–H groups in total. The zero-order valence-electron chi connectivity index (χ0n) is 10.8. The van der Waals surface area contributed by atoms with Gasteiger partial charge in [0.1, 0.15) is 0 Å². The molecule has 0 heterocycles. The van der Waals surface area contributed by atoms with Crippen LogP contribution in [0, 0.1) is 13.8 Å². The molecule has 0 saturated heterocycles. The van der Waals surface area contributed by atoms with E-state index in [1.165, 1.54) is 33.0 Å². The molecular weight excluding hydrogens is 216 g/mol. The van der Waals surface area contributed by atoms with Gasteiger partial charge in [0, 0.05) is 0 Å². The molecule has 0 atom stereocenters. The molecule has 0 saturated carbocycles. The summed E-state index contributed by atoms with van der Waals surface area (Å²) in [4.78, 5) is 0. The van der Waals surface area contributed by atoms with E-state index in [1.54, 1.807) is 0 Å². The highest BCUT2D eigenvalue weighted by atomic mass is 14.1. The lowest BCUT2D eigenvalue weighted by molar-refractivity contribution is 1.47. The van der Waals surface area contributed by atoms with Gasteiger partial charge in [-0.2, -0.15) is 0 Å². The first-order chi connectivity index (χ1) is 8.74. The monoisotopic (exact) mass is 232 g/mol. The number of rotatable bonds is 1. The van der Waals surface area contributed by atoms with Crippen LogP contribution in [0.3, 0.4) is 0 Å². The first-order valence-electron chi connectivity index (χ1n) is 6.30. The van der Waals surface area contributed by atoms with Crippen LogP contribution in [0.5, 0.6) is 0 Å². The molecule has 0 heteroatoms. The highest BCUT2D eigenvalue weighted by molar-refractivity contribution is 5.90. The van der Waals surface area contributed by atoms with Crippen molar-refractivity contribution in [2.75, 3.05) is 0 Å². The number of hydrogen-bond donors (Lipinski definition) is 0. The Bertz CT molecular complexity index is 694. The predicted octanol–water partition coefficient (Wildman–Crippen LogP) is 5.12. The molecule has 0 unspecified atom stereocenters. The Morgan fingerprint density at radius 2 is 1.44 bits per heavy atom. The topological polar surface area (TPSA) is 0 Å². The molecule has 88 valence electrons. The Balaban J connectivity index is 2.25. The molecule has 18 heavy (non-hydrogen) atoms. The second-order valence-electron chi connectivity index (χ2n) is 4.88. The minimum Gasteiger partial charge on any atom is -0.0622 e. The smallest absolute Gasteiger partial charge is 0.0152 e. The molecule has 0 aliphatic rings. The summed E-state index contributed by atoms with van der Waals surface area (Å²) in [7, 11) is 0. The van der Waals surface area contributed by atoms with Crippen molar-refractivity contribution in [3.63, 3.8) is 0 Å². The maximum Gasteiger partial charge on any atom is -0.0152 e. The van der Waals surface area contributed by atoms with Gasteiger partial charge in [0.2, 0.25) is 0 Å². The standard InChI is InChI=1S/C18H16/c1-13-8-9-16-12-17(11-14(2)18(16)10-13)15-6-4-3-5-7-15/h3-12H,1-2H3. The van der Waals surface area contributed by atoms with E-state index in [9.17, 15) is 0 Å². The molecule has 0 fully saturated rings. The molecule has 0 spiro atoms. The molecule has 0 aliphatic heterocycles. The van der Waals surface area contributed by atoms with Gasteiger partial charge in [0.25, 0.3) is 0 Å². The van der Waals surface area contributed by atoms with E-state index >= 15 is 0 Å². The van der Waals surface area contributed by atoms with E-state index in [4.69, 9.17) is 0 Å². The SMILES string of the molecule is Cc1ccc2cc(-c3ccccc3)cc(C)c2c1. The van der Waals surface area contributed by atoms with E-state index in [0.29, 0.717) is 0 Å². The maximum atomic E-state index is 2.27. The van der Waals surface area contributed by atoms with Crippen molar-refractivity contribution in [2.24, 2.45) is 0 Å². The molecule has 0 bridgehead atoms. The molecule has 0 amide bonds. The number of hydrogen-bond acceptors (Lipinski definition) is 0. The molecule has 3 aromatic carbocycles. The molecule has 0 nitrogen and oxygen atoms in total. The van der Waals surface area contributed by atoms with Gasteiger partial charge in [-0.15, -0.1) is 0 Å². The molecule has 3 aromatic rings. The zero-order chi connectivity index (χ0) is 12.5. The summed E-state index contributed by atoms with van der Waals surface area (Å²) in [5.74, 6) is 0. The van der Waals surface area contributed by atoms with Gasteiger partial charge >= 0.3 is 0 Å². The molecule has 0 aromatic heterocycles. The van der Waals surface area contributed by atoms with Crippen molar-refractivity contribution in [3.05, 3.63) is 71.8 Å². The van der Waals surface area contributed by atoms with Crippen molar-refractivity contribution in [1.82, 2.24) is 0 Å². The fourth-order valence-electron chi connectivity index (χ4n) is 2.45. The van der Waals surface area contributed by atoms with Crippen LogP contribution in [0.2, 0.25) is 0 Å². The van der Waals surface area contributed by atoms with Crippen LogP contribution in [-0.4, -0.2) is 0 Å². The highest BCUT2D eigenvalue weighted by Crippen LogP contribution is 2.27. The van der Waals surface area contributed by atoms with Crippen LogP contribution in [0.4, 0.5) is 0 Å². The Morgan fingerprint density at radius 3 is 2.22 bits per heavy atom. The Morgan fingerprint density at radius 1 is 0.667 bits per heavy atom. The second-order valence-corrected chi connectivity index (χ2v) is 4.88. The summed E-state index contributed by atoms with van der Waals surface area (Å²) >= 11 is 0. The lowest BCUT2D eigenvalue weighted by Gasteiger charge is -2.08. The van der Waals surface area contributed by atoms with E-state index in [2.05, 4.69) is 74.5 Å². The second kappa shape index (κ2) is 4.30. The van der Waals surface area contributed by atoms with E-state index < -0.39 is 0 Å². The minimum atomic E-state index is 1.28. The summed E-state index contributed by atoms with van der Waals surface area (Å²) < 4.78 is 0. The third-order valence-corrected chi connectivity index (χ3v) is 3.42. The largest absolute Gasteiger partial charge is 0.0622 e. The average molecular weight is 232 g/mol. The van der Waals surface area contributed by atoms with Crippen molar-refractivity contribution < 1.29 is 0 Å². The predicted molar refractivity (Wildman–Crippen MR) is 78.9 cm³/mol. The van der Waals surface area contributed by atoms with Crippen LogP contribution < -0.4 is 0 Å². The lowest BCUT2D eigenvalue weighted by Crippen LogP contribution is -1.84. The third kappa shape index (κ3) is 1.91. The summed E-state index contributed by atoms with van der Waals surface area (Å²) in [6.07, 6.45) is 0. The number of fused-ring (bicyclic) bond motifs is 1. The van der Waals surface area contributed by atoms with E-state index in [-0.39, 0.29) is 0 Å². The summed E-state index contributed by atoms with van der Waals surface area (Å²) in [6.45, 7) is 4.33. The van der Waals surface area contributed by atoms with Crippen molar-refractivity contribution in [1.29, 1.82) is 0 Å². The summed E-state index contributed by atoms with van der Waals surface area (Å²) in [5, 5.41) is 2.68. The van der Waals surface area contributed by atoms with Crippen LogP contribution in [0.1, 0.15) is 11.1 Å². The van der Waals surface area contributed by atoms with Crippen LogP contribution >= 0.6 is 0 Å². The van der Waals surface area contributed by atoms with Gasteiger partial charge in [-0.3, -0.25) is 0 Å². The maximum absolute atomic E-state index is 2.27. The number of benzene rings is 3. The Labute approximate surface area is 108 Å². The zero-order valence-corrected chi connectivity index (χ0v) is 10.8. The Kier molecular flexibility index (Phi) is 2.64. The van der Waals surface area contributed by atoms with Gasteiger partial charge in [-0.05, 0) is 47.4 Å². The van der Waals surface area contributed by atoms with Gasteiger partial charge in [-0.1, -0.05) is 60.2 Å². The fraction of sp³-hybridized carbons (Fsp3) is 0.111. The first-order valence-corrected chi connectivity index (χ1v) is 6.30. The van der Waals surface area contributed by atoms with Crippen molar-refractivity contribution in [2.45, 2.75) is 13.8 Å². The van der Waals surface area contributed by atoms with Crippen molar-refractivity contribution >= 4 is 10.8 Å². The molecule has 3 rings (SSSR count). The average Bonchev–Trinajstić information content (AvgIpc) is 2.40. The Hall–Kier alpha value is -2.08. The molecule has 0 radical (unpaired) electrons. The van der Waals surface area contributed by atoms with Gasteiger partial charge in [0.15, 0.2) is 0 Å². The third-order valence-electron chi connectivity index (χ3n) is 3.42. The lowest BCUT2D eigenvalue weighted by atomic mass is 9.96.